The van der Waals surface area contributed by atoms with Gasteiger partial charge in [0.25, 0.3) is 0 Å². The fraction of sp³-hybridized carbons (Fsp3) is 0.611. The van der Waals surface area contributed by atoms with Crippen LogP contribution in [0, 0.1) is 0 Å². The monoisotopic (exact) mass is 358 g/mol. The molecule has 1 fully saturated rings. The van der Waals surface area contributed by atoms with Crippen molar-refractivity contribution in [1.82, 2.24) is 10.2 Å². The summed E-state index contributed by atoms with van der Waals surface area (Å²) in [5, 5.41) is 4.03. The van der Waals surface area contributed by atoms with Crippen molar-refractivity contribution in [3.8, 4) is 0 Å². The Balaban J connectivity index is 0.00000264. The molecule has 0 spiro atoms. The van der Waals surface area contributed by atoms with Gasteiger partial charge in [0, 0.05) is 24.2 Å². The zero-order valence-electron chi connectivity index (χ0n) is 14.3. The van der Waals surface area contributed by atoms with Crippen molar-refractivity contribution < 1.29 is 4.79 Å². The zero-order chi connectivity index (χ0) is 16.2. The van der Waals surface area contributed by atoms with E-state index in [4.69, 9.17) is 11.6 Å². The summed E-state index contributed by atoms with van der Waals surface area (Å²) in [6.45, 7) is 5.91. The average Bonchev–Trinajstić information content (AvgIpc) is 2.58. The van der Waals surface area contributed by atoms with Crippen LogP contribution in [0.5, 0.6) is 0 Å². The third-order valence-corrected chi connectivity index (χ3v) is 5.46. The summed E-state index contributed by atoms with van der Waals surface area (Å²) in [7, 11) is 2.00. The van der Waals surface area contributed by atoms with E-state index in [0.717, 1.165) is 44.3 Å². The molecule has 0 atom stereocenters. The number of hydrogen-bond donors (Lipinski definition) is 1. The minimum Gasteiger partial charge on any atom is -0.342 e. The molecule has 23 heavy (non-hydrogen) atoms. The molecular weight excluding hydrogens is 331 g/mol. The van der Waals surface area contributed by atoms with E-state index in [-0.39, 0.29) is 18.3 Å². The minimum absolute atomic E-state index is 0. The molecule has 3 nitrogen and oxygen atoms in total. The van der Waals surface area contributed by atoms with Gasteiger partial charge in [-0.2, -0.15) is 0 Å². The maximum Gasteiger partial charge on any atom is 0.233 e. The Morgan fingerprint density at radius 1 is 1.22 bits per heavy atom. The molecule has 0 unspecified atom stereocenters. The summed E-state index contributed by atoms with van der Waals surface area (Å²) < 4.78 is 0. The second-order valence-electron chi connectivity index (χ2n) is 6.15. The van der Waals surface area contributed by atoms with Gasteiger partial charge >= 0.3 is 0 Å². The van der Waals surface area contributed by atoms with Crippen LogP contribution in [0.15, 0.2) is 24.3 Å². The molecule has 1 amide bonds. The molecule has 0 aromatic heterocycles. The lowest BCUT2D eigenvalue weighted by atomic mass is 9.74. The third-order valence-electron chi connectivity index (χ3n) is 5.20. The summed E-state index contributed by atoms with van der Waals surface area (Å²) in [6.07, 6.45) is 3.70. The van der Waals surface area contributed by atoms with Crippen molar-refractivity contribution in [2.75, 3.05) is 20.1 Å². The first-order chi connectivity index (χ1) is 10.6. The summed E-state index contributed by atoms with van der Waals surface area (Å²) in [4.78, 5) is 15.3. The lowest BCUT2D eigenvalue weighted by molar-refractivity contribution is -0.139. The molecule has 0 bridgehead atoms. The summed E-state index contributed by atoms with van der Waals surface area (Å²) in [5.74, 6) is 0.273. The average molecular weight is 359 g/mol. The van der Waals surface area contributed by atoms with Crippen molar-refractivity contribution in [2.45, 2.75) is 51.0 Å². The van der Waals surface area contributed by atoms with Gasteiger partial charge in [-0.05, 0) is 50.4 Å². The summed E-state index contributed by atoms with van der Waals surface area (Å²) in [5.41, 5.74) is 0.666. The number of rotatable bonds is 5. The normalized spacial score (nSPS) is 16.1. The van der Waals surface area contributed by atoms with Gasteiger partial charge in [-0.25, -0.2) is 0 Å². The first-order valence-electron chi connectivity index (χ1n) is 8.30. The highest BCUT2D eigenvalue weighted by Gasteiger charge is 2.40. The highest BCUT2D eigenvalue weighted by Crippen LogP contribution is 2.35. The van der Waals surface area contributed by atoms with E-state index in [0.29, 0.717) is 11.1 Å². The number of nitrogens with one attached hydrogen (secondary N) is 1. The van der Waals surface area contributed by atoms with Crippen LogP contribution in [0.3, 0.4) is 0 Å². The molecule has 1 aliphatic rings. The maximum atomic E-state index is 13.2. The van der Waals surface area contributed by atoms with Gasteiger partial charge in [0.15, 0.2) is 0 Å². The Labute approximate surface area is 151 Å². The molecule has 1 saturated heterocycles. The van der Waals surface area contributed by atoms with Crippen LogP contribution in [0.2, 0.25) is 5.02 Å². The molecule has 0 aliphatic carbocycles. The largest absolute Gasteiger partial charge is 0.342 e. The Hall–Kier alpha value is -0.770. The Morgan fingerprint density at radius 2 is 1.74 bits per heavy atom. The molecule has 1 aliphatic heterocycles. The Kier molecular flexibility index (Phi) is 7.85. The molecule has 0 radical (unpaired) electrons. The van der Waals surface area contributed by atoms with Gasteiger partial charge in [0.05, 0.1) is 5.41 Å². The molecular formula is C18H28Cl2N2O. The number of nitrogens with zero attached hydrogens (tertiary/aromatic N) is 1. The van der Waals surface area contributed by atoms with Gasteiger partial charge in [-0.1, -0.05) is 37.6 Å². The lowest BCUT2D eigenvalue weighted by Crippen LogP contribution is -2.51. The van der Waals surface area contributed by atoms with Crippen LogP contribution < -0.4 is 5.32 Å². The first kappa shape index (κ1) is 20.3. The predicted octanol–water partition coefficient (Wildman–Crippen LogP) is 4.03. The molecule has 1 N–H and O–H groups in total. The van der Waals surface area contributed by atoms with Crippen LogP contribution in [0.4, 0.5) is 0 Å². The number of hydrogen-bond acceptors (Lipinski definition) is 2. The number of piperidine rings is 1. The van der Waals surface area contributed by atoms with Gasteiger partial charge in [-0.3, -0.25) is 4.79 Å². The summed E-state index contributed by atoms with van der Waals surface area (Å²) in [6, 6.07) is 8.33. The van der Waals surface area contributed by atoms with E-state index < -0.39 is 5.41 Å². The van der Waals surface area contributed by atoms with E-state index in [2.05, 4.69) is 24.1 Å². The van der Waals surface area contributed by atoms with Crippen LogP contribution in [0.1, 0.15) is 45.1 Å². The van der Waals surface area contributed by atoms with E-state index in [1.807, 2.05) is 31.3 Å². The van der Waals surface area contributed by atoms with Crippen molar-refractivity contribution >= 4 is 29.9 Å². The van der Waals surface area contributed by atoms with Gasteiger partial charge in [0.1, 0.15) is 0 Å². The SMILES string of the molecule is CCC(CC)(C(=O)N1CCC(NC)CC1)c1ccc(Cl)cc1.Cl. The Morgan fingerprint density at radius 3 is 2.17 bits per heavy atom. The molecule has 1 aromatic carbocycles. The number of amides is 1. The fourth-order valence-corrected chi connectivity index (χ4v) is 3.65. The number of halogens is 2. The van der Waals surface area contributed by atoms with Crippen molar-refractivity contribution in [3.63, 3.8) is 0 Å². The minimum atomic E-state index is -0.420. The quantitative estimate of drug-likeness (QED) is 0.861. The topological polar surface area (TPSA) is 32.3 Å². The second kappa shape index (κ2) is 8.91. The van der Waals surface area contributed by atoms with Crippen LogP contribution in [-0.4, -0.2) is 37.0 Å². The predicted molar refractivity (Wildman–Crippen MR) is 99.6 cm³/mol. The second-order valence-corrected chi connectivity index (χ2v) is 6.59. The number of likely N-dealkylation sites (tertiary alicyclic amines) is 1. The fourth-order valence-electron chi connectivity index (χ4n) is 3.53. The number of carbonyl (C=O) groups excluding carboxylic acids is 1. The highest BCUT2D eigenvalue weighted by molar-refractivity contribution is 6.30. The van der Waals surface area contributed by atoms with Crippen LogP contribution in [-0.2, 0) is 10.2 Å². The summed E-state index contributed by atoms with van der Waals surface area (Å²) >= 11 is 6.01. The standard InChI is InChI=1S/C18H27ClN2O.ClH/c1-4-18(5-2,14-6-8-15(19)9-7-14)17(22)21-12-10-16(20-3)11-13-21;/h6-9,16,20H,4-5,10-13H2,1-3H3;1H. The molecule has 5 heteroatoms. The van der Waals surface area contributed by atoms with Crippen molar-refractivity contribution in [1.29, 1.82) is 0 Å². The van der Waals surface area contributed by atoms with E-state index in [9.17, 15) is 4.79 Å². The molecule has 130 valence electrons. The van der Waals surface area contributed by atoms with Crippen LogP contribution >= 0.6 is 24.0 Å². The number of benzene rings is 1. The lowest BCUT2D eigenvalue weighted by Gasteiger charge is -2.40. The van der Waals surface area contributed by atoms with Gasteiger partial charge < -0.3 is 10.2 Å². The van der Waals surface area contributed by atoms with Gasteiger partial charge in [-0.15, -0.1) is 12.4 Å². The van der Waals surface area contributed by atoms with Crippen LogP contribution in [0.25, 0.3) is 0 Å². The molecule has 1 heterocycles. The molecule has 1 aromatic rings. The highest BCUT2D eigenvalue weighted by atomic mass is 35.5. The van der Waals surface area contributed by atoms with E-state index in [1.54, 1.807) is 0 Å². The molecule has 2 rings (SSSR count). The smallest absolute Gasteiger partial charge is 0.233 e. The molecule has 0 saturated carbocycles. The third kappa shape index (κ3) is 4.20. The van der Waals surface area contributed by atoms with Gasteiger partial charge in [0.2, 0.25) is 5.91 Å². The maximum absolute atomic E-state index is 13.2. The van der Waals surface area contributed by atoms with E-state index >= 15 is 0 Å². The first-order valence-corrected chi connectivity index (χ1v) is 8.67. The zero-order valence-corrected chi connectivity index (χ0v) is 15.8. The number of carbonyl (C=O) groups is 1. The van der Waals surface area contributed by atoms with E-state index in [1.165, 1.54) is 0 Å². The van der Waals surface area contributed by atoms with Crippen molar-refractivity contribution in [3.05, 3.63) is 34.9 Å². The Bertz CT molecular complexity index is 492. The van der Waals surface area contributed by atoms with Crippen molar-refractivity contribution in [2.24, 2.45) is 0 Å².